The number of anilines is 1. The van der Waals surface area contributed by atoms with E-state index in [1.54, 1.807) is 0 Å². The van der Waals surface area contributed by atoms with Crippen LogP contribution in [0, 0.1) is 11.3 Å². The maximum absolute atomic E-state index is 8.74. The molecule has 0 bridgehead atoms. The quantitative estimate of drug-likeness (QED) is 0.705. The van der Waals surface area contributed by atoms with Gasteiger partial charge in [-0.05, 0) is 25.2 Å². The molecule has 1 aromatic rings. The molecule has 18 heavy (non-hydrogen) atoms. The summed E-state index contributed by atoms with van der Waals surface area (Å²) in [5.74, 6) is 0. The van der Waals surface area contributed by atoms with Gasteiger partial charge < -0.3 is 9.80 Å². The van der Waals surface area contributed by atoms with Crippen LogP contribution in [0.15, 0.2) is 30.3 Å². The van der Waals surface area contributed by atoms with Crippen molar-refractivity contribution in [1.29, 1.82) is 5.26 Å². The minimum Gasteiger partial charge on any atom is -0.369 e. The number of nitriles is 1. The van der Waals surface area contributed by atoms with Crippen molar-refractivity contribution in [3.05, 3.63) is 30.3 Å². The number of nitrogens with zero attached hydrogens (tertiary/aromatic N) is 3. The zero-order valence-corrected chi connectivity index (χ0v) is 11.5. The molecule has 3 heteroatoms. The van der Waals surface area contributed by atoms with Gasteiger partial charge in [0.15, 0.2) is 0 Å². The van der Waals surface area contributed by atoms with Crippen LogP contribution >= 0.6 is 0 Å². The molecule has 3 nitrogen and oxygen atoms in total. The fraction of sp³-hybridized carbons (Fsp3) is 0.533. The van der Waals surface area contributed by atoms with Crippen molar-refractivity contribution in [2.45, 2.75) is 20.3 Å². The second-order valence-corrected chi connectivity index (χ2v) is 4.26. The van der Waals surface area contributed by atoms with Gasteiger partial charge in [0.25, 0.3) is 0 Å². The maximum atomic E-state index is 8.74. The third-order valence-corrected chi connectivity index (χ3v) is 3.20. The Labute approximate surface area is 111 Å². The van der Waals surface area contributed by atoms with E-state index in [0.29, 0.717) is 6.42 Å². The molecule has 0 aromatic heterocycles. The predicted molar refractivity (Wildman–Crippen MR) is 76.7 cm³/mol. The van der Waals surface area contributed by atoms with Crippen LogP contribution in [0.5, 0.6) is 0 Å². The lowest BCUT2D eigenvalue weighted by molar-refractivity contribution is 0.309. The van der Waals surface area contributed by atoms with Crippen molar-refractivity contribution < 1.29 is 0 Å². The van der Waals surface area contributed by atoms with Gasteiger partial charge in [-0.3, -0.25) is 0 Å². The first-order valence-electron chi connectivity index (χ1n) is 6.71. The van der Waals surface area contributed by atoms with Gasteiger partial charge >= 0.3 is 0 Å². The lowest BCUT2D eigenvalue weighted by Crippen LogP contribution is -2.35. The van der Waals surface area contributed by atoms with Crippen molar-refractivity contribution in [1.82, 2.24) is 4.90 Å². The van der Waals surface area contributed by atoms with Gasteiger partial charge in [-0.2, -0.15) is 5.26 Å². The molecular formula is C15H23N3. The first-order valence-corrected chi connectivity index (χ1v) is 6.71. The number of benzene rings is 1. The predicted octanol–water partition coefficient (Wildman–Crippen LogP) is 2.75. The van der Waals surface area contributed by atoms with E-state index in [1.165, 1.54) is 5.69 Å². The van der Waals surface area contributed by atoms with Crippen LogP contribution < -0.4 is 4.90 Å². The van der Waals surface area contributed by atoms with Crippen LogP contribution in [0.4, 0.5) is 5.69 Å². The molecular weight excluding hydrogens is 222 g/mol. The molecule has 0 atom stereocenters. The fourth-order valence-electron chi connectivity index (χ4n) is 2.00. The molecule has 0 aliphatic carbocycles. The zero-order chi connectivity index (χ0) is 13.2. The first kappa shape index (κ1) is 14.5. The second-order valence-electron chi connectivity index (χ2n) is 4.26. The highest BCUT2D eigenvalue weighted by Gasteiger charge is 2.07. The highest BCUT2D eigenvalue weighted by molar-refractivity contribution is 5.46. The van der Waals surface area contributed by atoms with Crippen molar-refractivity contribution in [3.63, 3.8) is 0 Å². The van der Waals surface area contributed by atoms with E-state index in [4.69, 9.17) is 5.26 Å². The van der Waals surface area contributed by atoms with Crippen LogP contribution in [-0.2, 0) is 0 Å². The number of likely N-dealkylation sites (N-methyl/N-ethyl adjacent to an activating group) is 1. The number of rotatable bonds is 8. The van der Waals surface area contributed by atoms with Gasteiger partial charge in [-0.1, -0.05) is 32.0 Å². The van der Waals surface area contributed by atoms with Gasteiger partial charge in [0, 0.05) is 25.3 Å². The molecule has 98 valence electrons. The molecule has 0 fully saturated rings. The van der Waals surface area contributed by atoms with E-state index in [1.807, 2.05) is 18.2 Å². The Kier molecular flexibility index (Phi) is 6.90. The Morgan fingerprint density at radius 2 is 1.67 bits per heavy atom. The van der Waals surface area contributed by atoms with E-state index in [2.05, 4.69) is 41.8 Å². The average molecular weight is 245 g/mol. The van der Waals surface area contributed by atoms with E-state index < -0.39 is 0 Å². The van der Waals surface area contributed by atoms with Crippen molar-refractivity contribution in [3.8, 4) is 6.07 Å². The minimum absolute atomic E-state index is 0.577. The molecule has 1 rings (SSSR count). The SMILES string of the molecule is CCN(CC)CCN(CCC#N)c1ccccc1. The molecule has 0 heterocycles. The van der Waals surface area contributed by atoms with E-state index in [0.717, 1.165) is 32.7 Å². The summed E-state index contributed by atoms with van der Waals surface area (Å²) in [5.41, 5.74) is 1.21. The average Bonchev–Trinajstić information content (AvgIpc) is 2.44. The molecule has 0 saturated heterocycles. The molecule has 0 amide bonds. The second kappa shape index (κ2) is 8.54. The summed E-state index contributed by atoms with van der Waals surface area (Å²) in [6.07, 6.45) is 0.577. The Bertz CT molecular complexity index is 352. The number of hydrogen-bond acceptors (Lipinski definition) is 3. The van der Waals surface area contributed by atoms with Crippen LogP contribution in [0.1, 0.15) is 20.3 Å². The topological polar surface area (TPSA) is 30.3 Å². The van der Waals surface area contributed by atoms with E-state index in [-0.39, 0.29) is 0 Å². The summed E-state index contributed by atoms with van der Waals surface area (Å²) in [7, 11) is 0. The molecule has 0 spiro atoms. The summed E-state index contributed by atoms with van der Waals surface area (Å²) in [4.78, 5) is 4.70. The number of para-hydroxylation sites is 1. The summed E-state index contributed by atoms with van der Waals surface area (Å²) in [6.45, 7) is 9.37. The highest BCUT2D eigenvalue weighted by atomic mass is 15.2. The van der Waals surface area contributed by atoms with E-state index >= 15 is 0 Å². The minimum atomic E-state index is 0.577. The largest absolute Gasteiger partial charge is 0.369 e. The number of hydrogen-bond donors (Lipinski definition) is 0. The Hall–Kier alpha value is -1.53. The molecule has 0 saturated carbocycles. The summed E-state index contributed by atoms with van der Waals surface area (Å²) >= 11 is 0. The van der Waals surface area contributed by atoms with Gasteiger partial charge in [-0.25, -0.2) is 0 Å². The molecule has 0 unspecified atom stereocenters. The van der Waals surface area contributed by atoms with Gasteiger partial charge in [0.2, 0.25) is 0 Å². The maximum Gasteiger partial charge on any atom is 0.0640 e. The molecule has 0 aliphatic heterocycles. The Balaban J connectivity index is 2.59. The third-order valence-electron chi connectivity index (χ3n) is 3.20. The van der Waals surface area contributed by atoms with Gasteiger partial charge in [0.05, 0.1) is 12.5 Å². The van der Waals surface area contributed by atoms with Crippen LogP contribution in [0.25, 0.3) is 0 Å². The molecule has 0 radical (unpaired) electrons. The Morgan fingerprint density at radius 3 is 2.22 bits per heavy atom. The summed E-state index contributed by atoms with van der Waals surface area (Å²) in [5, 5.41) is 8.74. The van der Waals surface area contributed by atoms with Crippen molar-refractivity contribution in [2.24, 2.45) is 0 Å². The monoisotopic (exact) mass is 245 g/mol. The van der Waals surface area contributed by atoms with Crippen molar-refractivity contribution in [2.75, 3.05) is 37.6 Å². The highest BCUT2D eigenvalue weighted by Crippen LogP contribution is 2.13. The third kappa shape index (κ3) is 4.77. The van der Waals surface area contributed by atoms with E-state index in [9.17, 15) is 0 Å². The van der Waals surface area contributed by atoms with Crippen LogP contribution in [0.2, 0.25) is 0 Å². The molecule has 0 N–H and O–H groups in total. The summed E-state index contributed by atoms with van der Waals surface area (Å²) < 4.78 is 0. The standard InChI is InChI=1S/C15H23N3/c1-3-17(4-2)13-14-18(12-8-11-16)15-9-6-5-7-10-15/h5-7,9-10H,3-4,8,12-14H2,1-2H3. The lowest BCUT2D eigenvalue weighted by Gasteiger charge is -2.27. The van der Waals surface area contributed by atoms with Crippen LogP contribution in [-0.4, -0.2) is 37.6 Å². The smallest absolute Gasteiger partial charge is 0.0640 e. The van der Waals surface area contributed by atoms with Crippen LogP contribution in [0.3, 0.4) is 0 Å². The Morgan fingerprint density at radius 1 is 1.00 bits per heavy atom. The van der Waals surface area contributed by atoms with Gasteiger partial charge in [0.1, 0.15) is 0 Å². The molecule has 1 aromatic carbocycles. The van der Waals surface area contributed by atoms with Crippen molar-refractivity contribution >= 4 is 5.69 Å². The first-order chi connectivity index (χ1) is 8.81. The lowest BCUT2D eigenvalue weighted by atomic mass is 10.2. The van der Waals surface area contributed by atoms with Gasteiger partial charge in [-0.15, -0.1) is 0 Å². The normalized spacial score (nSPS) is 10.3. The fourth-order valence-corrected chi connectivity index (χ4v) is 2.00. The molecule has 0 aliphatic rings. The summed E-state index contributed by atoms with van der Waals surface area (Å²) in [6, 6.07) is 12.6. The zero-order valence-electron chi connectivity index (χ0n) is 11.5.